The molecule has 0 aliphatic carbocycles. The van der Waals surface area contributed by atoms with E-state index in [1.807, 2.05) is 0 Å². The maximum Gasteiger partial charge on any atom is 0.397 e. The molecule has 0 aromatic carbocycles. The second kappa shape index (κ2) is 3.75. The first-order valence-corrected chi connectivity index (χ1v) is 4.19. The number of carbonyl (C=O) groups excluding carboxylic acids is 1. The zero-order valence-electron chi connectivity index (χ0n) is 8.27. The average Bonchev–Trinajstić information content (AvgIpc) is 2.51. The Morgan fingerprint density at radius 1 is 1.64 bits per heavy atom. The Bertz CT molecular complexity index is 326. The summed E-state index contributed by atoms with van der Waals surface area (Å²) >= 11 is 0. The van der Waals surface area contributed by atoms with Crippen molar-refractivity contribution in [3.8, 4) is 0 Å². The first-order valence-electron chi connectivity index (χ1n) is 4.19. The Morgan fingerprint density at radius 3 is 2.71 bits per heavy atom. The minimum atomic E-state index is -1.23. The molecule has 0 unspecified atom stereocenters. The van der Waals surface area contributed by atoms with Crippen molar-refractivity contribution in [2.75, 3.05) is 6.61 Å². The molecule has 1 N–H and O–H groups in total. The number of aromatic nitrogens is 2. The molecule has 0 atom stereocenters. The molecule has 0 saturated carbocycles. The molecule has 1 aromatic rings. The maximum absolute atomic E-state index is 11.1. The number of hydrogen-bond donors (Lipinski definition) is 1. The smallest absolute Gasteiger partial charge is 0.397 e. The first kappa shape index (κ1) is 10.6. The van der Waals surface area contributed by atoms with Crippen molar-refractivity contribution in [1.82, 2.24) is 10.1 Å². The third kappa shape index (κ3) is 2.29. The van der Waals surface area contributed by atoms with Gasteiger partial charge in [0.1, 0.15) is 5.60 Å². The van der Waals surface area contributed by atoms with Gasteiger partial charge in [-0.3, -0.25) is 0 Å². The summed E-state index contributed by atoms with van der Waals surface area (Å²) in [7, 11) is 0. The Morgan fingerprint density at radius 2 is 2.29 bits per heavy atom. The van der Waals surface area contributed by atoms with Gasteiger partial charge < -0.3 is 14.4 Å². The molecule has 78 valence electrons. The molecule has 0 saturated heterocycles. The van der Waals surface area contributed by atoms with Gasteiger partial charge in [0.15, 0.2) is 0 Å². The van der Waals surface area contributed by atoms with Crippen molar-refractivity contribution in [1.29, 1.82) is 0 Å². The van der Waals surface area contributed by atoms with E-state index in [0.29, 0.717) is 0 Å². The third-order valence-electron chi connectivity index (χ3n) is 1.42. The number of esters is 1. The average molecular weight is 200 g/mol. The second-order valence-corrected chi connectivity index (χ2v) is 3.20. The zero-order valence-corrected chi connectivity index (χ0v) is 8.27. The number of carbonyl (C=O) groups is 1. The van der Waals surface area contributed by atoms with E-state index in [1.54, 1.807) is 6.92 Å². The van der Waals surface area contributed by atoms with Crippen LogP contribution in [0.4, 0.5) is 0 Å². The van der Waals surface area contributed by atoms with Crippen molar-refractivity contribution in [2.24, 2.45) is 0 Å². The molecule has 0 bridgehead atoms. The number of aliphatic hydroxyl groups is 1. The Kier molecular flexibility index (Phi) is 2.85. The SMILES string of the molecule is CCOC(=O)c1nc(C(C)(C)O)no1. The van der Waals surface area contributed by atoms with E-state index in [-0.39, 0.29) is 18.3 Å². The largest absolute Gasteiger partial charge is 0.459 e. The van der Waals surface area contributed by atoms with E-state index >= 15 is 0 Å². The summed E-state index contributed by atoms with van der Waals surface area (Å²) in [5.41, 5.74) is -1.23. The molecular formula is C8H12N2O4. The van der Waals surface area contributed by atoms with Crippen LogP contribution in [0.5, 0.6) is 0 Å². The summed E-state index contributed by atoms with van der Waals surface area (Å²) in [4.78, 5) is 14.8. The van der Waals surface area contributed by atoms with Gasteiger partial charge in [-0.1, -0.05) is 5.16 Å². The van der Waals surface area contributed by atoms with Crippen LogP contribution in [0.25, 0.3) is 0 Å². The summed E-state index contributed by atoms with van der Waals surface area (Å²) < 4.78 is 9.25. The molecule has 14 heavy (non-hydrogen) atoms. The van der Waals surface area contributed by atoms with Crippen molar-refractivity contribution in [3.05, 3.63) is 11.7 Å². The number of hydrogen-bond acceptors (Lipinski definition) is 6. The summed E-state index contributed by atoms with van der Waals surface area (Å²) in [5, 5.41) is 12.9. The van der Waals surface area contributed by atoms with Crippen LogP contribution in [-0.4, -0.2) is 27.8 Å². The fourth-order valence-corrected chi connectivity index (χ4v) is 0.748. The molecule has 6 nitrogen and oxygen atoms in total. The minimum Gasteiger partial charge on any atom is -0.459 e. The molecule has 1 rings (SSSR count). The predicted molar refractivity (Wildman–Crippen MR) is 45.5 cm³/mol. The lowest BCUT2D eigenvalue weighted by Gasteiger charge is -2.09. The van der Waals surface area contributed by atoms with Crippen LogP contribution >= 0.6 is 0 Å². The van der Waals surface area contributed by atoms with Crippen molar-refractivity contribution < 1.29 is 19.2 Å². The molecule has 0 fully saturated rings. The van der Waals surface area contributed by atoms with Crippen molar-refractivity contribution >= 4 is 5.97 Å². The Balaban J connectivity index is 2.83. The van der Waals surface area contributed by atoms with Gasteiger partial charge in [0.25, 0.3) is 0 Å². The number of ether oxygens (including phenoxy) is 1. The molecule has 6 heteroatoms. The van der Waals surface area contributed by atoms with Gasteiger partial charge in [-0.05, 0) is 20.8 Å². The Labute approximate surface area is 80.9 Å². The van der Waals surface area contributed by atoms with E-state index < -0.39 is 11.6 Å². The van der Waals surface area contributed by atoms with Crippen LogP contribution in [0, 0.1) is 0 Å². The molecule has 0 spiro atoms. The lowest BCUT2D eigenvalue weighted by Crippen LogP contribution is -2.18. The lowest BCUT2D eigenvalue weighted by molar-refractivity contribution is 0.0469. The first-order chi connectivity index (χ1) is 6.45. The van der Waals surface area contributed by atoms with E-state index in [0.717, 1.165) is 0 Å². The van der Waals surface area contributed by atoms with Gasteiger partial charge in [0.2, 0.25) is 5.82 Å². The molecular weight excluding hydrogens is 188 g/mol. The van der Waals surface area contributed by atoms with E-state index in [4.69, 9.17) is 0 Å². The normalized spacial score (nSPS) is 11.4. The summed E-state index contributed by atoms with van der Waals surface area (Å²) in [5.74, 6) is -0.875. The quantitative estimate of drug-likeness (QED) is 0.714. The fraction of sp³-hybridized carbons (Fsp3) is 0.625. The van der Waals surface area contributed by atoms with Crippen LogP contribution in [0.3, 0.4) is 0 Å². The van der Waals surface area contributed by atoms with E-state index in [2.05, 4.69) is 19.4 Å². The highest BCUT2D eigenvalue weighted by atomic mass is 16.6. The van der Waals surface area contributed by atoms with Gasteiger partial charge in [-0.25, -0.2) is 4.79 Å². The molecule has 0 amide bonds. The molecule has 0 aliphatic rings. The van der Waals surface area contributed by atoms with Gasteiger partial charge >= 0.3 is 11.9 Å². The van der Waals surface area contributed by atoms with Crippen LogP contribution in [0.2, 0.25) is 0 Å². The van der Waals surface area contributed by atoms with Gasteiger partial charge in [0.05, 0.1) is 6.61 Å². The minimum absolute atomic E-state index is 0.0561. The van der Waals surface area contributed by atoms with Crippen molar-refractivity contribution in [2.45, 2.75) is 26.4 Å². The van der Waals surface area contributed by atoms with Gasteiger partial charge in [-0.2, -0.15) is 4.98 Å². The van der Waals surface area contributed by atoms with Crippen LogP contribution in [-0.2, 0) is 10.3 Å². The number of nitrogens with zero attached hydrogens (tertiary/aromatic N) is 2. The monoisotopic (exact) mass is 200 g/mol. The highest BCUT2D eigenvalue weighted by Gasteiger charge is 2.25. The molecule has 1 aromatic heterocycles. The fourth-order valence-electron chi connectivity index (χ4n) is 0.748. The Hall–Kier alpha value is -1.43. The number of rotatable bonds is 3. The maximum atomic E-state index is 11.1. The standard InChI is InChI=1S/C8H12N2O4/c1-4-13-6(11)5-9-7(10-14-5)8(2,3)12/h12H,4H2,1-3H3. The molecule has 0 radical (unpaired) electrons. The summed E-state index contributed by atoms with van der Waals surface area (Å²) in [6.07, 6.45) is 0. The van der Waals surface area contributed by atoms with Gasteiger partial charge in [0, 0.05) is 0 Å². The lowest BCUT2D eigenvalue weighted by atomic mass is 10.1. The van der Waals surface area contributed by atoms with Crippen LogP contribution < -0.4 is 0 Å². The van der Waals surface area contributed by atoms with Crippen LogP contribution in [0.1, 0.15) is 37.3 Å². The highest BCUT2D eigenvalue weighted by Crippen LogP contribution is 2.15. The molecule has 0 aliphatic heterocycles. The summed E-state index contributed by atoms with van der Waals surface area (Å²) in [6.45, 7) is 4.89. The van der Waals surface area contributed by atoms with E-state index in [9.17, 15) is 9.90 Å². The third-order valence-corrected chi connectivity index (χ3v) is 1.42. The van der Waals surface area contributed by atoms with Crippen molar-refractivity contribution in [3.63, 3.8) is 0 Å². The van der Waals surface area contributed by atoms with E-state index in [1.165, 1.54) is 13.8 Å². The summed E-state index contributed by atoms with van der Waals surface area (Å²) in [6, 6.07) is 0. The van der Waals surface area contributed by atoms with Gasteiger partial charge in [-0.15, -0.1) is 0 Å². The predicted octanol–water partition coefficient (Wildman–Crippen LogP) is 0.474. The second-order valence-electron chi connectivity index (χ2n) is 3.20. The molecule has 1 heterocycles. The topological polar surface area (TPSA) is 85.5 Å². The zero-order chi connectivity index (χ0) is 10.8. The van der Waals surface area contributed by atoms with Crippen LogP contribution in [0.15, 0.2) is 4.52 Å². The highest BCUT2D eigenvalue weighted by molar-refractivity contribution is 5.83.